The van der Waals surface area contributed by atoms with Gasteiger partial charge in [0, 0.05) is 26.7 Å². The summed E-state index contributed by atoms with van der Waals surface area (Å²) in [4.78, 5) is 28.5. The Kier molecular flexibility index (Phi) is 4.80. The Hall–Kier alpha value is -2.08. The summed E-state index contributed by atoms with van der Waals surface area (Å²) in [6.45, 7) is 1.79. The van der Waals surface area contributed by atoms with Gasteiger partial charge in [0.1, 0.15) is 11.8 Å². The van der Waals surface area contributed by atoms with E-state index in [-0.39, 0.29) is 11.8 Å². The molecule has 0 spiro atoms. The van der Waals surface area contributed by atoms with Gasteiger partial charge in [-0.3, -0.25) is 9.59 Å². The van der Waals surface area contributed by atoms with Crippen molar-refractivity contribution in [3.8, 4) is 5.75 Å². The third kappa shape index (κ3) is 3.16. The topological polar surface area (TPSA) is 61.9 Å². The van der Waals surface area contributed by atoms with Crippen LogP contribution in [0.1, 0.15) is 10.4 Å². The molecule has 114 valence electrons. The molecule has 6 nitrogen and oxygen atoms in total. The maximum Gasteiger partial charge on any atom is 0.258 e. The van der Waals surface area contributed by atoms with Crippen molar-refractivity contribution >= 4 is 11.8 Å². The lowest BCUT2D eigenvalue weighted by Gasteiger charge is -2.39. The van der Waals surface area contributed by atoms with Gasteiger partial charge in [-0.15, -0.1) is 0 Å². The standard InChI is InChI=1S/C15H21N3O3/c1-16-14(19)12-10-17(2)8-9-18(12)15(20)11-6-4-5-7-13(11)21-3/h4-7,12H,8-10H2,1-3H3,(H,16,19)/t12-/m1/s1. The van der Waals surface area contributed by atoms with E-state index < -0.39 is 6.04 Å². The van der Waals surface area contributed by atoms with Crippen LogP contribution in [0.25, 0.3) is 0 Å². The molecule has 1 aliphatic rings. The minimum atomic E-state index is -0.480. The van der Waals surface area contributed by atoms with Crippen LogP contribution in [0.4, 0.5) is 0 Å². The molecule has 0 saturated carbocycles. The molecule has 0 aromatic heterocycles. The molecule has 0 unspecified atom stereocenters. The lowest BCUT2D eigenvalue weighted by atomic mass is 10.1. The first-order valence-corrected chi connectivity index (χ1v) is 6.92. The van der Waals surface area contributed by atoms with Gasteiger partial charge in [0.05, 0.1) is 12.7 Å². The Morgan fingerprint density at radius 2 is 2.00 bits per heavy atom. The van der Waals surface area contributed by atoms with Crippen molar-refractivity contribution in [2.75, 3.05) is 40.8 Å². The fourth-order valence-corrected chi connectivity index (χ4v) is 2.53. The minimum Gasteiger partial charge on any atom is -0.496 e. The molecule has 21 heavy (non-hydrogen) atoms. The van der Waals surface area contributed by atoms with Crippen LogP contribution in [0, 0.1) is 0 Å². The molecular weight excluding hydrogens is 270 g/mol. The van der Waals surface area contributed by atoms with Crippen LogP contribution in [0.15, 0.2) is 24.3 Å². The van der Waals surface area contributed by atoms with E-state index >= 15 is 0 Å². The first-order valence-electron chi connectivity index (χ1n) is 6.92. The van der Waals surface area contributed by atoms with Gasteiger partial charge in [0.25, 0.3) is 5.91 Å². The Morgan fingerprint density at radius 1 is 1.29 bits per heavy atom. The van der Waals surface area contributed by atoms with Crippen molar-refractivity contribution in [1.82, 2.24) is 15.1 Å². The van der Waals surface area contributed by atoms with E-state index in [1.54, 1.807) is 30.1 Å². The number of rotatable bonds is 3. The summed E-state index contributed by atoms with van der Waals surface area (Å²) >= 11 is 0. The molecule has 1 aromatic carbocycles. The van der Waals surface area contributed by atoms with E-state index in [0.717, 1.165) is 6.54 Å². The Balaban J connectivity index is 2.29. The molecule has 1 heterocycles. The summed E-state index contributed by atoms with van der Waals surface area (Å²) in [5, 5.41) is 2.63. The van der Waals surface area contributed by atoms with Crippen LogP contribution < -0.4 is 10.1 Å². The first-order chi connectivity index (χ1) is 10.1. The zero-order valence-corrected chi connectivity index (χ0v) is 12.6. The van der Waals surface area contributed by atoms with Crippen molar-refractivity contribution in [3.05, 3.63) is 29.8 Å². The highest BCUT2D eigenvalue weighted by Crippen LogP contribution is 2.21. The van der Waals surface area contributed by atoms with Gasteiger partial charge >= 0.3 is 0 Å². The number of methoxy groups -OCH3 is 1. The zero-order valence-electron chi connectivity index (χ0n) is 12.6. The SMILES string of the molecule is CNC(=O)[C@H]1CN(C)CCN1C(=O)c1ccccc1OC. The van der Waals surface area contributed by atoms with E-state index in [1.165, 1.54) is 7.11 Å². The smallest absolute Gasteiger partial charge is 0.258 e. The number of likely N-dealkylation sites (N-methyl/N-ethyl adjacent to an activating group) is 2. The van der Waals surface area contributed by atoms with Crippen LogP contribution in [-0.4, -0.2) is 68.5 Å². The second kappa shape index (κ2) is 6.58. The number of hydrogen-bond donors (Lipinski definition) is 1. The van der Waals surface area contributed by atoms with Crippen LogP contribution >= 0.6 is 0 Å². The summed E-state index contributed by atoms with van der Waals surface area (Å²) in [6, 6.07) is 6.60. The third-order valence-corrected chi connectivity index (χ3v) is 3.73. The second-order valence-corrected chi connectivity index (χ2v) is 5.09. The predicted octanol–water partition coefficient (Wildman–Crippen LogP) is 0.197. The second-order valence-electron chi connectivity index (χ2n) is 5.09. The number of hydrogen-bond acceptors (Lipinski definition) is 4. The highest BCUT2D eigenvalue weighted by atomic mass is 16.5. The number of amides is 2. The molecule has 2 rings (SSSR count). The number of carbonyl (C=O) groups is 2. The number of nitrogens with one attached hydrogen (secondary N) is 1. The number of benzene rings is 1. The van der Waals surface area contributed by atoms with Crippen LogP contribution in [-0.2, 0) is 4.79 Å². The molecule has 1 fully saturated rings. The van der Waals surface area contributed by atoms with Crippen molar-refractivity contribution < 1.29 is 14.3 Å². The average Bonchev–Trinajstić information content (AvgIpc) is 2.53. The monoisotopic (exact) mass is 291 g/mol. The molecule has 0 radical (unpaired) electrons. The Labute approximate surface area is 124 Å². The summed E-state index contributed by atoms with van der Waals surface area (Å²) in [7, 11) is 5.07. The molecule has 0 aliphatic carbocycles. The highest BCUT2D eigenvalue weighted by Gasteiger charge is 2.34. The average molecular weight is 291 g/mol. The normalized spacial score (nSPS) is 19.2. The fourth-order valence-electron chi connectivity index (χ4n) is 2.53. The van der Waals surface area contributed by atoms with Crippen molar-refractivity contribution in [2.24, 2.45) is 0 Å². The van der Waals surface area contributed by atoms with Gasteiger partial charge in [0.2, 0.25) is 5.91 Å². The molecule has 1 aliphatic heterocycles. The van der Waals surface area contributed by atoms with E-state index in [9.17, 15) is 9.59 Å². The highest BCUT2D eigenvalue weighted by molar-refractivity contribution is 5.99. The van der Waals surface area contributed by atoms with E-state index in [0.29, 0.717) is 24.4 Å². The zero-order chi connectivity index (χ0) is 15.4. The minimum absolute atomic E-state index is 0.148. The Morgan fingerprint density at radius 3 is 2.67 bits per heavy atom. The summed E-state index contributed by atoms with van der Waals surface area (Å²) in [5.74, 6) is 0.205. The molecule has 1 saturated heterocycles. The van der Waals surface area contributed by atoms with Gasteiger partial charge in [-0.25, -0.2) is 0 Å². The molecule has 1 N–H and O–H groups in total. The molecule has 2 amide bonds. The number of carbonyl (C=O) groups excluding carboxylic acids is 2. The molecule has 6 heteroatoms. The van der Waals surface area contributed by atoms with Gasteiger partial charge in [0.15, 0.2) is 0 Å². The van der Waals surface area contributed by atoms with Crippen molar-refractivity contribution in [2.45, 2.75) is 6.04 Å². The lowest BCUT2D eigenvalue weighted by Crippen LogP contribution is -2.59. The van der Waals surface area contributed by atoms with Crippen LogP contribution in [0.3, 0.4) is 0 Å². The molecule has 1 atom stereocenters. The predicted molar refractivity (Wildman–Crippen MR) is 79.4 cm³/mol. The molecule has 0 bridgehead atoms. The van der Waals surface area contributed by atoms with Crippen molar-refractivity contribution in [1.29, 1.82) is 0 Å². The van der Waals surface area contributed by atoms with Gasteiger partial charge < -0.3 is 19.9 Å². The van der Waals surface area contributed by atoms with E-state index in [4.69, 9.17) is 4.74 Å². The van der Waals surface area contributed by atoms with Crippen molar-refractivity contribution in [3.63, 3.8) is 0 Å². The number of nitrogens with zero attached hydrogens (tertiary/aromatic N) is 2. The number of ether oxygens (including phenoxy) is 1. The fraction of sp³-hybridized carbons (Fsp3) is 0.467. The van der Waals surface area contributed by atoms with Crippen LogP contribution in [0.2, 0.25) is 0 Å². The summed E-state index contributed by atoms with van der Waals surface area (Å²) < 4.78 is 5.24. The summed E-state index contributed by atoms with van der Waals surface area (Å²) in [6.07, 6.45) is 0. The lowest BCUT2D eigenvalue weighted by molar-refractivity contribution is -0.126. The molecule has 1 aromatic rings. The quantitative estimate of drug-likeness (QED) is 0.864. The largest absolute Gasteiger partial charge is 0.496 e. The first kappa shape index (κ1) is 15.3. The number of para-hydroxylation sites is 1. The number of piperazine rings is 1. The van der Waals surface area contributed by atoms with Gasteiger partial charge in [-0.2, -0.15) is 0 Å². The van der Waals surface area contributed by atoms with E-state index in [2.05, 4.69) is 5.32 Å². The maximum atomic E-state index is 12.8. The maximum absolute atomic E-state index is 12.8. The molecular formula is C15H21N3O3. The van der Waals surface area contributed by atoms with Gasteiger partial charge in [-0.05, 0) is 19.2 Å². The van der Waals surface area contributed by atoms with Gasteiger partial charge in [-0.1, -0.05) is 12.1 Å². The Bertz CT molecular complexity index is 533. The van der Waals surface area contributed by atoms with E-state index in [1.807, 2.05) is 18.0 Å². The summed E-state index contributed by atoms with van der Waals surface area (Å²) in [5.41, 5.74) is 0.485. The van der Waals surface area contributed by atoms with Crippen LogP contribution in [0.5, 0.6) is 5.75 Å². The third-order valence-electron chi connectivity index (χ3n) is 3.73.